The highest BCUT2D eigenvalue weighted by molar-refractivity contribution is 6.42. The Balaban J connectivity index is 2.98. The molecule has 0 radical (unpaired) electrons. The fourth-order valence-corrected chi connectivity index (χ4v) is 1.35. The Hall–Kier alpha value is -2.84. The molecule has 0 spiro atoms. The van der Waals surface area contributed by atoms with Crippen LogP contribution in [0.3, 0.4) is 0 Å². The van der Waals surface area contributed by atoms with Crippen molar-refractivity contribution < 1.29 is 9.59 Å². The molecule has 0 fully saturated rings. The van der Waals surface area contributed by atoms with Crippen LogP contribution in [0.25, 0.3) is 0 Å². The smallest absolute Gasteiger partial charge is 0.291 e. The maximum absolute atomic E-state index is 12.1. The molecule has 0 unspecified atom stereocenters. The molecule has 9 heteroatoms. The topological polar surface area (TPSA) is 128 Å². The molecule has 0 saturated carbocycles. The fraction of sp³-hybridized carbons (Fsp3) is 0.273. The van der Waals surface area contributed by atoms with Gasteiger partial charge in [-0.15, -0.1) is 0 Å². The van der Waals surface area contributed by atoms with Gasteiger partial charge in [0.2, 0.25) is 0 Å². The lowest BCUT2D eigenvalue weighted by molar-refractivity contribution is -0.110. The normalized spacial score (nSPS) is 10.8. The van der Waals surface area contributed by atoms with Crippen LogP contribution in [-0.4, -0.2) is 53.9 Å². The number of anilines is 1. The van der Waals surface area contributed by atoms with Gasteiger partial charge in [-0.05, 0) is 0 Å². The molecule has 9 nitrogen and oxygen atoms in total. The van der Waals surface area contributed by atoms with Crippen molar-refractivity contribution in [2.75, 3.05) is 26.5 Å². The first-order valence-electron chi connectivity index (χ1n) is 5.64. The van der Waals surface area contributed by atoms with Crippen LogP contribution >= 0.6 is 0 Å². The maximum Gasteiger partial charge on any atom is 0.291 e. The number of nitrogens with one attached hydrogen (secondary N) is 3. The highest BCUT2D eigenvalue weighted by atomic mass is 16.2. The van der Waals surface area contributed by atoms with Crippen LogP contribution in [0, 0.1) is 0 Å². The van der Waals surface area contributed by atoms with Crippen LogP contribution < -0.4 is 16.4 Å². The number of aliphatic imine (C=N–C) groups is 1. The first-order chi connectivity index (χ1) is 9.36. The molecule has 0 bridgehead atoms. The first-order valence-corrected chi connectivity index (χ1v) is 5.64. The van der Waals surface area contributed by atoms with E-state index in [0.29, 0.717) is 0 Å². The van der Waals surface area contributed by atoms with Crippen LogP contribution in [0.15, 0.2) is 23.6 Å². The van der Waals surface area contributed by atoms with Gasteiger partial charge in [-0.3, -0.25) is 14.7 Å². The van der Waals surface area contributed by atoms with E-state index in [-0.39, 0.29) is 23.0 Å². The lowest BCUT2D eigenvalue weighted by atomic mass is 10.3. The van der Waals surface area contributed by atoms with E-state index in [2.05, 4.69) is 32.4 Å². The molecule has 2 amide bonds. The average molecular weight is 279 g/mol. The number of amidine groups is 1. The summed E-state index contributed by atoms with van der Waals surface area (Å²) in [5.41, 5.74) is 5.76. The third-order valence-electron chi connectivity index (χ3n) is 2.22. The zero-order valence-corrected chi connectivity index (χ0v) is 11.5. The molecule has 5 N–H and O–H groups in total. The molecular weight excluding hydrogens is 262 g/mol. The monoisotopic (exact) mass is 279 g/mol. The Kier molecular flexibility index (Phi) is 4.84. The molecule has 0 aliphatic rings. The van der Waals surface area contributed by atoms with Crippen molar-refractivity contribution in [2.24, 2.45) is 10.7 Å². The van der Waals surface area contributed by atoms with Crippen molar-refractivity contribution in [1.29, 1.82) is 0 Å². The van der Waals surface area contributed by atoms with Crippen molar-refractivity contribution >= 4 is 23.3 Å². The second kappa shape index (κ2) is 6.36. The first kappa shape index (κ1) is 15.2. The minimum absolute atomic E-state index is 0.00238. The summed E-state index contributed by atoms with van der Waals surface area (Å²) in [5.74, 6) is -0.873. The van der Waals surface area contributed by atoms with E-state index in [9.17, 15) is 9.59 Å². The van der Waals surface area contributed by atoms with E-state index in [1.165, 1.54) is 18.1 Å². The summed E-state index contributed by atoms with van der Waals surface area (Å²) in [6, 6.07) is 0. The van der Waals surface area contributed by atoms with Crippen LogP contribution in [0.1, 0.15) is 10.5 Å². The van der Waals surface area contributed by atoms with E-state index < -0.39 is 11.8 Å². The van der Waals surface area contributed by atoms with Crippen LogP contribution in [-0.2, 0) is 4.79 Å². The van der Waals surface area contributed by atoms with Gasteiger partial charge in [0.05, 0.1) is 11.9 Å². The maximum atomic E-state index is 12.1. The number of likely N-dealkylation sites (N-methyl/N-ethyl adjacent to an activating group) is 1. The second-order valence-corrected chi connectivity index (χ2v) is 4.01. The Morgan fingerprint density at radius 3 is 2.65 bits per heavy atom. The van der Waals surface area contributed by atoms with E-state index in [0.717, 1.165) is 0 Å². The zero-order chi connectivity index (χ0) is 15.3. The molecule has 20 heavy (non-hydrogen) atoms. The van der Waals surface area contributed by atoms with Gasteiger partial charge in [0.1, 0.15) is 11.5 Å². The predicted octanol–water partition coefficient (Wildman–Crippen LogP) is -0.902. The minimum Gasteiger partial charge on any atom is -0.384 e. The van der Waals surface area contributed by atoms with Gasteiger partial charge in [-0.1, -0.05) is 6.58 Å². The SMILES string of the molecule is C=C(N)/N=C(/C(=O)Nc1cn[nH]c1C(=O)NC)N(C)C. The molecule has 1 rings (SSSR count). The summed E-state index contributed by atoms with van der Waals surface area (Å²) in [4.78, 5) is 29.0. The number of amides is 2. The molecule has 0 aliphatic heterocycles. The van der Waals surface area contributed by atoms with Gasteiger partial charge in [-0.2, -0.15) is 5.10 Å². The van der Waals surface area contributed by atoms with Gasteiger partial charge in [0.25, 0.3) is 11.8 Å². The fourth-order valence-electron chi connectivity index (χ4n) is 1.35. The largest absolute Gasteiger partial charge is 0.384 e. The summed E-state index contributed by atoms with van der Waals surface area (Å²) in [7, 11) is 4.74. The molecule has 1 heterocycles. The van der Waals surface area contributed by atoms with Crippen LogP contribution in [0.5, 0.6) is 0 Å². The van der Waals surface area contributed by atoms with Crippen LogP contribution in [0.2, 0.25) is 0 Å². The molecule has 1 aromatic rings. The number of rotatable bonds is 3. The number of carbonyl (C=O) groups is 2. The number of nitrogens with zero attached hydrogens (tertiary/aromatic N) is 3. The number of H-pyrrole nitrogens is 1. The molecular formula is C11H17N7O2. The average Bonchev–Trinajstić information content (AvgIpc) is 2.82. The summed E-state index contributed by atoms with van der Waals surface area (Å²) >= 11 is 0. The molecule has 108 valence electrons. The summed E-state index contributed by atoms with van der Waals surface area (Å²) in [6.07, 6.45) is 1.33. The Morgan fingerprint density at radius 2 is 2.15 bits per heavy atom. The summed E-state index contributed by atoms with van der Waals surface area (Å²) in [6.45, 7) is 3.42. The lowest BCUT2D eigenvalue weighted by Crippen LogP contribution is -2.35. The number of aromatic nitrogens is 2. The van der Waals surface area contributed by atoms with Crippen molar-refractivity contribution in [1.82, 2.24) is 20.4 Å². The van der Waals surface area contributed by atoms with Gasteiger partial charge < -0.3 is 21.3 Å². The molecule has 1 aromatic heterocycles. The number of hydrogen-bond acceptors (Lipinski definition) is 5. The molecule has 0 atom stereocenters. The van der Waals surface area contributed by atoms with Crippen molar-refractivity contribution in [3.63, 3.8) is 0 Å². The Labute approximate surface area is 115 Å². The van der Waals surface area contributed by atoms with E-state index in [1.807, 2.05) is 0 Å². The Morgan fingerprint density at radius 1 is 1.50 bits per heavy atom. The van der Waals surface area contributed by atoms with E-state index in [4.69, 9.17) is 5.73 Å². The van der Waals surface area contributed by atoms with Crippen molar-refractivity contribution in [2.45, 2.75) is 0 Å². The standard InChI is InChI=1S/C11H17N7O2/c1-6(12)15-9(18(3)4)11(20)16-7-5-14-17-8(7)10(19)13-2/h5H,1,12H2,2-4H3,(H,13,19)(H,14,17)(H,16,20)/b15-9-. The highest BCUT2D eigenvalue weighted by Gasteiger charge is 2.19. The van der Waals surface area contributed by atoms with Gasteiger partial charge in [-0.25, -0.2) is 4.99 Å². The summed E-state index contributed by atoms with van der Waals surface area (Å²) in [5, 5.41) is 11.2. The van der Waals surface area contributed by atoms with Gasteiger partial charge >= 0.3 is 0 Å². The number of carbonyl (C=O) groups excluding carboxylic acids is 2. The van der Waals surface area contributed by atoms with E-state index >= 15 is 0 Å². The zero-order valence-electron chi connectivity index (χ0n) is 11.5. The molecule has 0 saturated heterocycles. The third-order valence-corrected chi connectivity index (χ3v) is 2.22. The second-order valence-electron chi connectivity index (χ2n) is 4.01. The molecule has 0 aromatic carbocycles. The highest BCUT2D eigenvalue weighted by Crippen LogP contribution is 2.11. The van der Waals surface area contributed by atoms with Crippen LogP contribution in [0.4, 0.5) is 5.69 Å². The summed E-state index contributed by atoms with van der Waals surface area (Å²) < 4.78 is 0. The predicted molar refractivity (Wildman–Crippen MR) is 75.1 cm³/mol. The van der Waals surface area contributed by atoms with E-state index in [1.54, 1.807) is 14.1 Å². The Bertz CT molecular complexity index is 559. The minimum atomic E-state index is -0.534. The van der Waals surface area contributed by atoms with Crippen molar-refractivity contribution in [3.8, 4) is 0 Å². The lowest BCUT2D eigenvalue weighted by Gasteiger charge is -2.15. The third kappa shape index (κ3) is 3.57. The van der Waals surface area contributed by atoms with Crippen molar-refractivity contribution in [3.05, 3.63) is 24.3 Å². The number of hydrogen-bond donors (Lipinski definition) is 4. The quantitative estimate of drug-likeness (QED) is 0.421. The number of nitrogens with two attached hydrogens (primary N) is 1. The van der Waals surface area contributed by atoms with Gasteiger partial charge in [0.15, 0.2) is 5.84 Å². The molecule has 0 aliphatic carbocycles. The number of aromatic amines is 1. The van der Waals surface area contributed by atoms with Gasteiger partial charge in [0, 0.05) is 21.1 Å².